The van der Waals surface area contributed by atoms with Crippen LogP contribution in [-0.4, -0.2) is 14.0 Å². The third kappa shape index (κ3) is 3.32. The van der Waals surface area contributed by atoms with Gasteiger partial charge in [0.1, 0.15) is 5.54 Å². The van der Waals surface area contributed by atoms with E-state index < -0.39 is 15.6 Å². The summed E-state index contributed by atoms with van der Waals surface area (Å²) in [6.45, 7) is 2.12. The molecule has 108 valence electrons. The molecular weight excluding hydrogens is 296 g/mol. The van der Waals surface area contributed by atoms with Crippen LogP contribution in [0.1, 0.15) is 32.6 Å². The van der Waals surface area contributed by atoms with Crippen LogP contribution >= 0.6 is 11.6 Å². The van der Waals surface area contributed by atoms with Gasteiger partial charge in [-0.15, -0.1) is 0 Å². The molecule has 0 saturated heterocycles. The number of hydrogen-bond donors (Lipinski definition) is 1. The van der Waals surface area contributed by atoms with E-state index in [0.29, 0.717) is 23.8 Å². The zero-order chi connectivity index (χ0) is 14.8. The predicted molar refractivity (Wildman–Crippen MR) is 77.7 cm³/mol. The molecule has 20 heavy (non-hydrogen) atoms. The molecule has 0 atom stereocenters. The van der Waals surface area contributed by atoms with Gasteiger partial charge in [-0.1, -0.05) is 18.5 Å². The molecular formula is C14H17ClN2O2S. The van der Waals surface area contributed by atoms with Crippen molar-refractivity contribution in [2.24, 2.45) is 5.92 Å². The minimum Gasteiger partial charge on any atom is -0.207 e. The number of sulfonamides is 1. The van der Waals surface area contributed by atoms with Crippen molar-refractivity contribution in [1.82, 2.24) is 4.72 Å². The molecule has 2 rings (SSSR count). The summed E-state index contributed by atoms with van der Waals surface area (Å²) >= 11 is 5.76. The third-order valence-corrected chi connectivity index (χ3v) is 5.60. The van der Waals surface area contributed by atoms with E-state index in [-0.39, 0.29) is 4.90 Å². The lowest BCUT2D eigenvalue weighted by Crippen LogP contribution is -2.49. The van der Waals surface area contributed by atoms with E-state index in [2.05, 4.69) is 17.7 Å². The number of nitriles is 1. The topological polar surface area (TPSA) is 70.0 Å². The normalized spacial score (nSPS) is 26.9. The Morgan fingerprint density at radius 3 is 2.35 bits per heavy atom. The van der Waals surface area contributed by atoms with Crippen molar-refractivity contribution in [3.63, 3.8) is 0 Å². The van der Waals surface area contributed by atoms with Crippen LogP contribution in [0.5, 0.6) is 0 Å². The number of halogens is 1. The van der Waals surface area contributed by atoms with E-state index in [4.69, 9.17) is 11.6 Å². The number of nitrogens with one attached hydrogen (secondary N) is 1. The highest BCUT2D eigenvalue weighted by atomic mass is 35.5. The highest BCUT2D eigenvalue weighted by Crippen LogP contribution is 2.32. The Morgan fingerprint density at radius 1 is 1.30 bits per heavy atom. The van der Waals surface area contributed by atoms with E-state index in [1.807, 2.05) is 0 Å². The van der Waals surface area contributed by atoms with Gasteiger partial charge in [-0.3, -0.25) is 0 Å². The van der Waals surface area contributed by atoms with Gasteiger partial charge >= 0.3 is 0 Å². The summed E-state index contributed by atoms with van der Waals surface area (Å²) in [6, 6.07) is 8.10. The molecule has 1 fully saturated rings. The van der Waals surface area contributed by atoms with Gasteiger partial charge in [-0.05, 0) is 55.9 Å². The molecule has 6 heteroatoms. The Hall–Kier alpha value is -1.09. The lowest BCUT2D eigenvalue weighted by molar-refractivity contribution is 0.278. The third-order valence-electron chi connectivity index (χ3n) is 3.80. The van der Waals surface area contributed by atoms with Gasteiger partial charge in [0.05, 0.1) is 11.0 Å². The zero-order valence-electron chi connectivity index (χ0n) is 11.3. The van der Waals surface area contributed by atoms with Crippen LogP contribution < -0.4 is 4.72 Å². The summed E-state index contributed by atoms with van der Waals surface area (Å²) < 4.78 is 27.3. The molecule has 0 heterocycles. The summed E-state index contributed by atoms with van der Waals surface area (Å²) in [7, 11) is -3.70. The summed E-state index contributed by atoms with van der Waals surface area (Å²) in [6.07, 6.45) is 2.82. The Bertz CT molecular complexity index is 612. The summed E-state index contributed by atoms with van der Waals surface area (Å²) in [5.41, 5.74) is -0.981. The molecule has 0 radical (unpaired) electrons. The van der Waals surface area contributed by atoms with Gasteiger partial charge in [-0.2, -0.15) is 9.98 Å². The minimum absolute atomic E-state index is 0.134. The molecule has 4 nitrogen and oxygen atoms in total. The second kappa shape index (κ2) is 5.72. The molecule has 0 aromatic heterocycles. The highest BCUT2D eigenvalue weighted by Gasteiger charge is 2.38. The Kier molecular flexibility index (Phi) is 4.38. The Morgan fingerprint density at radius 2 is 1.85 bits per heavy atom. The second-order valence-corrected chi connectivity index (χ2v) is 7.55. The maximum absolute atomic E-state index is 12.4. The summed E-state index contributed by atoms with van der Waals surface area (Å²) in [5, 5.41) is 9.86. The van der Waals surface area contributed by atoms with Crippen molar-refractivity contribution < 1.29 is 8.42 Å². The number of benzene rings is 1. The first kappa shape index (κ1) is 15.3. The molecule has 0 aliphatic heterocycles. The Labute approximate surface area is 124 Å². The van der Waals surface area contributed by atoms with Crippen molar-refractivity contribution in [3.05, 3.63) is 29.3 Å². The minimum atomic E-state index is -3.70. The molecule has 0 amide bonds. The smallest absolute Gasteiger partial charge is 0.207 e. The lowest BCUT2D eigenvalue weighted by atomic mass is 9.79. The van der Waals surface area contributed by atoms with Gasteiger partial charge in [0.2, 0.25) is 10.0 Å². The first-order chi connectivity index (χ1) is 9.37. The molecule has 0 unspecified atom stereocenters. The fourth-order valence-corrected chi connectivity index (χ4v) is 3.92. The van der Waals surface area contributed by atoms with E-state index in [1.54, 1.807) is 0 Å². The molecule has 1 aliphatic rings. The van der Waals surface area contributed by atoms with Crippen LogP contribution in [-0.2, 0) is 10.0 Å². The van der Waals surface area contributed by atoms with E-state index >= 15 is 0 Å². The maximum atomic E-state index is 12.4. The van der Waals surface area contributed by atoms with Crippen LogP contribution in [0.15, 0.2) is 29.2 Å². The summed E-state index contributed by atoms with van der Waals surface area (Å²) in [4.78, 5) is 0.134. The fraction of sp³-hybridized carbons (Fsp3) is 0.500. The monoisotopic (exact) mass is 312 g/mol. The van der Waals surface area contributed by atoms with Crippen LogP contribution in [0.4, 0.5) is 0 Å². The van der Waals surface area contributed by atoms with Gasteiger partial charge in [0.25, 0.3) is 0 Å². The standard InChI is InChI=1S/C14H17ClN2O2S/c1-11-6-8-14(10-16,9-7-11)17-20(18,19)13-4-2-12(15)3-5-13/h2-5,11,17H,6-9H2,1H3. The van der Waals surface area contributed by atoms with E-state index in [1.165, 1.54) is 24.3 Å². The van der Waals surface area contributed by atoms with Crippen LogP contribution in [0.3, 0.4) is 0 Å². The SMILES string of the molecule is CC1CCC(C#N)(NS(=O)(=O)c2ccc(Cl)cc2)CC1. The van der Waals surface area contributed by atoms with Crippen molar-refractivity contribution >= 4 is 21.6 Å². The zero-order valence-corrected chi connectivity index (χ0v) is 12.8. The largest absolute Gasteiger partial charge is 0.241 e. The summed E-state index contributed by atoms with van der Waals surface area (Å²) in [5.74, 6) is 0.538. The van der Waals surface area contributed by atoms with E-state index in [0.717, 1.165) is 12.8 Å². The lowest BCUT2D eigenvalue weighted by Gasteiger charge is -2.33. The first-order valence-corrected chi connectivity index (χ1v) is 8.44. The molecule has 1 aromatic carbocycles. The van der Waals surface area contributed by atoms with Crippen molar-refractivity contribution in [2.45, 2.75) is 43.0 Å². The second-order valence-electron chi connectivity index (χ2n) is 5.44. The van der Waals surface area contributed by atoms with Crippen LogP contribution in [0.2, 0.25) is 5.02 Å². The highest BCUT2D eigenvalue weighted by molar-refractivity contribution is 7.89. The molecule has 0 bridgehead atoms. The van der Waals surface area contributed by atoms with Gasteiger partial charge in [0.15, 0.2) is 0 Å². The van der Waals surface area contributed by atoms with Gasteiger partial charge in [0, 0.05) is 5.02 Å². The average Bonchev–Trinajstić information content (AvgIpc) is 2.42. The average molecular weight is 313 g/mol. The van der Waals surface area contributed by atoms with Crippen molar-refractivity contribution in [1.29, 1.82) is 5.26 Å². The predicted octanol–water partition coefficient (Wildman–Crippen LogP) is 3.09. The van der Waals surface area contributed by atoms with Crippen molar-refractivity contribution in [2.75, 3.05) is 0 Å². The molecule has 1 aliphatic carbocycles. The number of rotatable bonds is 3. The first-order valence-electron chi connectivity index (χ1n) is 6.58. The van der Waals surface area contributed by atoms with E-state index in [9.17, 15) is 13.7 Å². The van der Waals surface area contributed by atoms with Gasteiger partial charge < -0.3 is 0 Å². The van der Waals surface area contributed by atoms with Crippen LogP contribution in [0.25, 0.3) is 0 Å². The maximum Gasteiger partial charge on any atom is 0.241 e. The molecule has 0 spiro atoms. The number of nitrogens with zero attached hydrogens (tertiary/aromatic N) is 1. The fourth-order valence-electron chi connectivity index (χ4n) is 2.42. The number of hydrogen-bond acceptors (Lipinski definition) is 3. The molecule has 1 saturated carbocycles. The molecule has 1 N–H and O–H groups in total. The molecule has 1 aromatic rings. The van der Waals surface area contributed by atoms with Crippen molar-refractivity contribution in [3.8, 4) is 6.07 Å². The quantitative estimate of drug-likeness (QED) is 0.932. The Balaban J connectivity index is 2.23. The van der Waals surface area contributed by atoms with Crippen LogP contribution in [0, 0.1) is 17.2 Å². The van der Waals surface area contributed by atoms with Gasteiger partial charge in [-0.25, -0.2) is 8.42 Å².